The molecule has 3 aliphatic heterocycles. The molecule has 1 fully saturated rings. The van der Waals surface area contributed by atoms with Crippen LogP contribution in [0.5, 0.6) is 0 Å². The lowest BCUT2D eigenvalue weighted by atomic mass is 9.85. The lowest BCUT2D eigenvalue weighted by Gasteiger charge is -2.35. The van der Waals surface area contributed by atoms with Gasteiger partial charge in [0.2, 0.25) is 5.91 Å². The summed E-state index contributed by atoms with van der Waals surface area (Å²) in [6.07, 6.45) is 3.21. The molecule has 4 bridgehead atoms. The van der Waals surface area contributed by atoms with Crippen LogP contribution in [0.2, 0.25) is 0 Å². The van der Waals surface area contributed by atoms with E-state index in [1.54, 1.807) is 7.11 Å². The number of nitrogens with zero attached hydrogens (tertiary/aromatic N) is 1. The molecule has 2 N–H and O–H groups in total. The highest BCUT2D eigenvalue weighted by atomic mass is 16.5. The predicted molar refractivity (Wildman–Crippen MR) is 157 cm³/mol. The highest BCUT2D eigenvalue weighted by Crippen LogP contribution is 2.41. The third kappa shape index (κ3) is 6.75. The molecule has 8 heteroatoms. The van der Waals surface area contributed by atoms with Crippen molar-refractivity contribution < 1.29 is 29.0 Å². The van der Waals surface area contributed by atoms with E-state index in [9.17, 15) is 19.5 Å². The van der Waals surface area contributed by atoms with Crippen LogP contribution in [0.15, 0.2) is 48.5 Å². The van der Waals surface area contributed by atoms with Crippen LogP contribution in [0.3, 0.4) is 0 Å². The average Bonchev–Trinajstić information content (AvgIpc) is 3.34. The Morgan fingerprint density at radius 2 is 1.76 bits per heavy atom. The predicted octanol–water partition coefficient (Wildman–Crippen LogP) is 5.77. The number of methoxy groups -OCH3 is 1. The first-order valence-corrected chi connectivity index (χ1v) is 14.5. The van der Waals surface area contributed by atoms with Crippen LogP contribution < -0.4 is 5.32 Å². The van der Waals surface area contributed by atoms with E-state index in [2.05, 4.69) is 37.4 Å². The highest BCUT2D eigenvalue weighted by Gasteiger charge is 2.52. The van der Waals surface area contributed by atoms with E-state index < -0.39 is 41.1 Å². The number of nitrogens with one attached hydrogen (secondary N) is 1. The number of hydrogen-bond donors (Lipinski definition) is 2. The van der Waals surface area contributed by atoms with Crippen LogP contribution in [0, 0.1) is 10.8 Å². The molecule has 3 aliphatic rings. The van der Waals surface area contributed by atoms with Crippen molar-refractivity contribution >= 4 is 18.0 Å². The number of aliphatic carboxylic acids is 1. The Bertz CT molecular complexity index is 1270. The number of hydrogen-bond acceptors (Lipinski definition) is 5. The summed E-state index contributed by atoms with van der Waals surface area (Å²) in [6, 6.07) is 14.3. The summed E-state index contributed by atoms with van der Waals surface area (Å²) in [5.74, 6) is -1.59. The summed E-state index contributed by atoms with van der Waals surface area (Å²) in [4.78, 5) is 40.8. The molecule has 0 radical (unpaired) electrons. The van der Waals surface area contributed by atoms with Crippen molar-refractivity contribution in [2.24, 2.45) is 10.8 Å². The minimum Gasteiger partial charge on any atom is -0.480 e. The normalized spacial score (nSPS) is 25.7. The Morgan fingerprint density at radius 1 is 1.07 bits per heavy atom. The zero-order valence-electron chi connectivity index (χ0n) is 25.2. The SMILES string of the molecule is CO[C@@]12C[C@@H](C(=O)O)N(C1)C(=O)[C@H](C(C)(C)C)NC(=O)OCC(C)(C)CCCCc1ccccc1-c1ccc2cc1. The van der Waals surface area contributed by atoms with Gasteiger partial charge >= 0.3 is 12.1 Å². The van der Waals surface area contributed by atoms with Crippen LogP contribution in [-0.4, -0.2) is 60.3 Å². The second-order valence-corrected chi connectivity index (χ2v) is 13.3. The van der Waals surface area contributed by atoms with Crippen molar-refractivity contribution in [3.8, 4) is 11.1 Å². The van der Waals surface area contributed by atoms with Gasteiger partial charge in [-0.1, -0.05) is 89.6 Å². The Hall–Kier alpha value is -3.39. The van der Waals surface area contributed by atoms with Gasteiger partial charge in [0.25, 0.3) is 0 Å². The lowest BCUT2D eigenvalue weighted by molar-refractivity contribution is -0.150. The maximum Gasteiger partial charge on any atom is 0.407 e. The molecule has 0 aromatic heterocycles. The zero-order chi connectivity index (χ0) is 30.0. The van der Waals surface area contributed by atoms with Crippen molar-refractivity contribution in [1.82, 2.24) is 10.2 Å². The molecule has 41 heavy (non-hydrogen) atoms. The molecule has 0 aliphatic carbocycles. The summed E-state index contributed by atoms with van der Waals surface area (Å²) in [7, 11) is 1.55. The molecule has 0 spiro atoms. The number of carboxylic acid groups (broad SMARTS) is 1. The monoisotopic (exact) mass is 564 g/mol. The third-order valence-electron chi connectivity index (χ3n) is 8.54. The maximum absolute atomic E-state index is 14.0. The molecule has 2 aromatic rings. The molecule has 0 unspecified atom stereocenters. The third-order valence-corrected chi connectivity index (χ3v) is 8.54. The molecular weight excluding hydrogens is 520 g/mol. The molecule has 2 amide bonds. The van der Waals surface area contributed by atoms with Crippen molar-refractivity contribution in [1.29, 1.82) is 0 Å². The number of carboxylic acids is 1. The molecule has 222 valence electrons. The standard InChI is InChI=1S/C33H44N2O6/c1-31(2,3)27-28(36)35-20-33(40-6,19-26(35)29(37)38)24-16-14-23(15-17-24)25-13-8-7-11-22(25)12-9-10-18-32(4,5)21-41-30(39)34-27/h7-8,11,13-17,26-27H,9-10,12,18-21H2,1-6H3,(H,34,39)(H,37,38)/t26-,27+,33-/m0/s1. The molecule has 3 atom stereocenters. The van der Waals surface area contributed by atoms with Crippen LogP contribution in [0.1, 0.15) is 71.4 Å². The smallest absolute Gasteiger partial charge is 0.407 e. The van der Waals surface area contributed by atoms with E-state index in [0.717, 1.165) is 36.8 Å². The fourth-order valence-electron chi connectivity index (χ4n) is 6.00. The van der Waals surface area contributed by atoms with Gasteiger partial charge in [0, 0.05) is 13.5 Å². The number of rotatable bonds is 2. The van der Waals surface area contributed by atoms with Crippen molar-refractivity contribution in [2.45, 2.75) is 84.4 Å². The van der Waals surface area contributed by atoms with Gasteiger partial charge in [-0.2, -0.15) is 0 Å². The van der Waals surface area contributed by atoms with Crippen LogP contribution in [-0.2, 0) is 31.1 Å². The molecule has 5 rings (SSSR count). The summed E-state index contributed by atoms with van der Waals surface area (Å²) >= 11 is 0. The Labute approximate surface area is 243 Å². The number of carbonyl (C=O) groups is 3. The van der Waals surface area contributed by atoms with Crippen LogP contribution in [0.4, 0.5) is 4.79 Å². The molecule has 0 saturated carbocycles. The van der Waals surface area contributed by atoms with Gasteiger partial charge in [-0.3, -0.25) is 4.79 Å². The highest BCUT2D eigenvalue weighted by molar-refractivity contribution is 5.90. The Kier molecular flexibility index (Phi) is 8.83. The summed E-state index contributed by atoms with van der Waals surface area (Å²) < 4.78 is 11.6. The summed E-state index contributed by atoms with van der Waals surface area (Å²) in [5, 5.41) is 12.9. The quantitative estimate of drug-likeness (QED) is 0.480. The van der Waals surface area contributed by atoms with Gasteiger partial charge < -0.3 is 24.8 Å². The first kappa shape index (κ1) is 30.6. The average molecular weight is 565 g/mol. The van der Waals surface area contributed by atoms with Crippen LogP contribution >= 0.6 is 0 Å². The number of alkyl carbamates (subject to hydrolysis) is 1. The fourth-order valence-corrected chi connectivity index (χ4v) is 6.00. The minimum atomic E-state index is -1.11. The number of carbonyl (C=O) groups excluding carboxylic acids is 2. The fraction of sp³-hybridized carbons (Fsp3) is 0.545. The number of ether oxygens (including phenoxy) is 2. The molecule has 2 aromatic carbocycles. The minimum absolute atomic E-state index is 0.0472. The second kappa shape index (κ2) is 11.8. The second-order valence-electron chi connectivity index (χ2n) is 13.3. The lowest BCUT2D eigenvalue weighted by Crippen LogP contribution is -2.57. The van der Waals surface area contributed by atoms with Crippen LogP contribution in [0.25, 0.3) is 11.1 Å². The van der Waals surface area contributed by atoms with E-state index in [4.69, 9.17) is 9.47 Å². The maximum atomic E-state index is 14.0. The van der Waals surface area contributed by atoms with Gasteiger partial charge in [-0.05, 0) is 52.3 Å². The summed E-state index contributed by atoms with van der Waals surface area (Å²) in [6.45, 7) is 9.91. The zero-order valence-corrected chi connectivity index (χ0v) is 25.2. The molecule has 1 saturated heterocycles. The summed E-state index contributed by atoms with van der Waals surface area (Å²) in [5.41, 5.74) is 2.37. The van der Waals surface area contributed by atoms with Gasteiger partial charge in [-0.25, -0.2) is 9.59 Å². The largest absolute Gasteiger partial charge is 0.480 e. The number of amides is 2. The van der Waals surface area contributed by atoms with E-state index >= 15 is 0 Å². The van der Waals surface area contributed by atoms with Gasteiger partial charge in [0.05, 0.1) is 13.2 Å². The number of aryl methyl sites for hydroxylation is 1. The van der Waals surface area contributed by atoms with Crippen molar-refractivity contribution in [3.63, 3.8) is 0 Å². The first-order chi connectivity index (χ1) is 19.3. The van der Waals surface area contributed by atoms with E-state index in [1.165, 1.54) is 16.0 Å². The first-order valence-electron chi connectivity index (χ1n) is 14.5. The van der Waals surface area contributed by atoms with E-state index in [1.807, 2.05) is 51.1 Å². The van der Waals surface area contributed by atoms with Crippen molar-refractivity contribution in [3.05, 3.63) is 59.7 Å². The van der Waals surface area contributed by atoms with Gasteiger partial charge in [0.15, 0.2) is 0 Å². The van der Waals surface area contributed by atoms with E-state index in [-0.39, 0.29) is 25.0 Å². The molecule has 3 heterocycles. The Balaban J connectivity index is 1.77. The van der Waals surface area contributed by atoms with Gasteiger partial charge in [-0.15, -0.1) is 0 Å². The number of fused-ring (bicyclic) bond motifs is 12. The molecular formula is C33H44N2O6. The Morgan fingerprint density at radius 3 is 2.39 bits per heavy atom. The van der Waals surface area contributed by atoms with Crippen molar-refractivity contribution in [2.75, 3.05) is 20.3 Å². The molecule has 8 nitrogen and oxygen atoms in total. The number of benzene rings is 2. The topological polar surface area (TPSA) is 105 Å². The van der Waals surface area contributed by atoms with Gasteiger partial charge in [0.1, 0.15) is 17.7 Å². The van der Waals surface area contributed by atoms with E-state index in [0.29, 0.717) is 0 Å².